The summed E-state index contributed by atoms with van der Waals surface area (Å²) in [5.41, 5.74) is 0.994. The van der Waals surface area contributed by atoms with Crippen molar-refractivity contribution < 1.29 is 32.6 Å². The summed E-state index contributed by atoms with van der Waals surface area (Å²) >= 11 is 0. The van der Waals surface area contributed by atoms with E-state index in [1.807, 2.05) is 31.2 Å². The van der Waals surface area contributed by atoms with Crippen LogP contribution in [0.1, 0.15) is 22.8 Å². The number of rotatable bonds is 7. The van der Waals surface area contributed by atoms with Gasteiger partial charge in [-0.1, -0.05) is 29.8 Å². The summed E-state index contributed by atoms with van der Waals surface area (Å²) in [5.74, 6) is -1.98. The van der Waals surface area contributed by atoms with Crippen molar-refractivity contribution in [2.75, 3.05) is 25.1 Å². The van der Waals surface area contributed by atoms with E-state index in [4.69, 9.17) is 9.84 Å². The van der Waals surface area contributed by atoms with Gasteiger partial charge in [0.05, 0.1) is 24.9 Å². The van der Waals surface area contributed by atoms with Crippen LogP contribution in [0.4, 0.5) is 18.9 Å². The number of aryl methyl sites for hydroxylation is 1. The standard InChI is InChI=1S/C20H21F3N2O4/c1-13-2-4-14(5-3-13)17(29-11-10-26)12-24-18(27)19(28)25-16-8-6-15(7-9-16)20(21,22)23/h2-9,17,26H,10-12H2,1H3,(H,24,27)(H,25,28). The number of ether oxygens (including phenoxy) is 1. The van der Waals surface area contributed by atoms with Crippen molar-refractivity contribution in [1.82, 2.24) is 5.32 Å². The number of benzene rings is 2. The number of hydrogen-bond acceptors (Lipinski definition) is 4. The third-order valence-electron chi connectivity index (χ3n) is 3.98. The van der Waals surface area contributed by atoms with Crippen LogP contribution in [0.3, 0.4) is 0 Å². The lowest BCUT2D eigenvalue weighted by atomic mass is 10.1. The van der Waals surface area contributed by atoms with Gasteiger partial charge in [-0.2, -0.15) is 13.2 Å². The van der Waals surface area contributed by atoms with E-state index < -0.39 is 29.7 Å². The van der Waals surface area contributed by atoms with Crippen molar-refractivity contribution in [2.24, 2.45) is 0 Å². The predicted molar refractivity (Wildman–Crippen MR) is 100 cm³/mol. The van der Waals surface area contributed by atoms with Crippen LogP contribution in [0.25, 0.3) is 0 Å². The maximum Gasteiger partial charge on any atom is 0.416 e. The summed E-state index contributed by atoms with van der Waals surface area (Å²) in [4.78, 5) is 24.0. The van der Waals surface area contributed by atoms with Gasteiger partial charge in [-0.3, -0.25) is 9.59 Å². The summed E-state index contributed by atoms with van der Waals surface area (Å²) in [6, 6.07) is 11.1. The van der Waals surface area contributed by atoms with E-state index in [2.05, 4.69) is 10.6 Å². The molecule has 1 atom stereocenters. The Morgan fingerprint density at radius 2 is 1.66 bits per heavy atom. The molecule has 2 aromatic carbocycles. The SMILES string of the molecule is Cc1ccc(C(CNC(=O)C(=O)Nc2ccc(C(F)(F)F)cc2)OCCO)cc1. The number of amides is 2. The third-order valence-corrected chi connectivity index (χ3v) is 3.98. The highest BCUT2D eigenvalue weighted by Crippen LogP contribution is 2.29. The largest absolute Gasteiger partial charge is 0.416 e. The molecule has 0 spiro atoms. The molecule has 6 nitrogen and oxygen atoms in total. The van der Waals surface area contributed by atoms with E-state index in [0.29, 0.717) is 0 Å². The number of aliphatic hydroxyl groups excluding tert-OH is 1. The van der Waals surface area contributed by atoms with Crippen LogP contribution in [0.5, 0.6) is 0 Å². The van der Waals surface area contributed by atoms with Crippen molar-refractivity contribution in [3.05, 3.63) is 65.2 Å². The molecule has 2 amide bonds. The normalized spacial score (nSPS) is 12.3. The first-order chi connectivity index (χ1) is 13.7. The number of carbonyl (C=O) groups is 2. The van der Waals surface area contributed by atoms with Gasteiger partial charge < -0.3 is 20.5 Å². The van der Waals surface area contributed by atoms with E-state index in [0.717, 1.165) is 35.4 Å². The molecule has 0 heterocycles. The van der Waals surface area contributed by atoms with Gasteiger partial charge in [0.1, 0.15) is 0 Å². The number of carbonyl (C=O) groups excluding carboxylic acids is 2. The zero-order chi connectivity index (χ0) is 21.4. The number of anilines is 1. The van der Waals surface area contributed by atoms with Crippen molar-refractivity contribution >= 4 is 17.5 Å². The minimum atomic E-state index is -4.49. The molecule has 9 heteroatoms. The lowest BCUT2D eigenvalue weighted by molar-refractivity contribution is -0.137. The fourth-order valence-electron chi connectivity index (χ4n) is 2.45. The third kappa shape index (κ3) is 6.88. The van der Waals surface area contributed by atoms with Gasteiger partial charge in [0.15, 0.2) is 0 Å². The molecule has 0 aliphatic rings. The predicted octanol–water partition coefficient (Wildman–Crippen LogP) is 2.82. The molecular formula is C20H21F3N2O4. The summed E-state index contributed by atoms with van der Waals surface area (Å²) in [6.45, 7) is 1.74. The van der Waals surface area contributed by atoms with Gasteiger partial charge in [0, 0.05) is 12.2 Å². The lowest BCUT2D eigenvalue weighted by Crippen LogP contribution is -2.38. The molecule has 156 valence electrons. The Kier molecular flexibility index (Phi) is 7.74. The molecule has 0 saturated heterocycles. The first kappa shape index (κ1) is 22.4. The van der Waals surface area contributed by atoms with Gasteiger partial charge in [-0.15, -0.1) is 0 Å². The number of nitrogens with one attached hydrogen (secondary N) is 2. The van der Waals surface area contributed by atoms with E-state index in [9.17, 15) is 22.8 Å². The Labute approximate surface area is 165 Å². The van der Waals surface area contributed by atoms with E-state index in [1.54, 1.807) is 0 Å². The molecule has 0 aliphatic carbocycles. The quantitative estimate of drug-likeness (QED) is 0.613. The van der Waals surface area contributed by atoms with Crippen LogP contribution in [-0.4, -0.2) is 36.7 Å². The molecule has 0 aliphatic heterocycles. The summed E-state index contributed by atoms with van der Waals surface area (Å²) < 4.78 is 43.2. The summed E-state index contributed by atoms with van der Waals surface area (Å²) in [6.07, 6.45) is -5.06. The van der Waals surface area contributed by atoms with Gasteiger partial charge >= 0.3 is 18.0 Å². The van der Waals surface area contributed by atoms with Gasteiger partial charge in [-0.25, -0.2) is 0 Å². The fraction of sp³-hybridized carbons (Fsp3) is 0.300. The Morgan fingerprint density at radius 1 is 1.03 bits per heavy atom. The molecule has 0 radical (unpaired) electrons. The first-order valence-electron chi connectivity index (χ1n) is 8.76. The Hall–Kier alpha value is -2.91. The molecule has 0 bridgehead atoms. The average Bonchev–Trinajstić information content (AvgIpc) is 2.68. The van der Waals surface area contributed by atoms with Crippen LogP contribution in [0.15, 0.2) is 48.5 Å². The molecule has 0 saturated carbocycles. The Bertz CT molecular complexity index is 821. The molecular weight excluding hydrogens is 389 g/mol. The summed E-state index contributed by atoms with van der Waals surface area (Å²) in [7, 11) is 0. The Morgan fingerprint density at radius 3 is 2.21 bits per heavy atom. The smallest absolute Gasteiger partial charge is 0.394 e. The van der Waals surface area contributed by atoms with Crippen LogP contribution in [0.2, 0.25) is 0 Å². The van der Waals surface area contributed by atoms with Gasteiger partial charge in [0.2, 0.25) is 0 Å². The first-order valence-corrected chi connectivity index (χ1v) is 8.76. The van der Waals surface area contributed by atoms with Crippen LogP contribution >= 0.6 is 0 Å². The Balaban J connectivity index is 1.94. The van der Waals surface area contributed by atoms with Crippen molar-refractivity contribution in [3.8, 4) is 0 Å². The second kappa shape index (κ2) is 10.0. The van der Waals surface area contributed by atoms with E-state index in [-0.39, 0.29) is 25.4 Å². The van der Waals surface area contributed by atoms with Crippen molar-refractivity contribution in [1.29, 1.82) is 0 Å². The van der Waals surface area contributed by atoms with Crippen LogP contribution in [-0.2, 0) is 20.5 Å². The molecule has 2 aromatic rings. The average molecular weight is 410 g/mol. The maximum atomic E-state index is 12.6. The maximum absolute atomic E-state index is 12.6. The molecule has 0 aromatic heterocycles. The summed E-state index contributed by atoms with van der Waals surface area (Å²) in [5, 5.41) is 13.6. The molecule has 29 heavy (non-hydrogen) atoms. The van der Waals surface area contributed by atoms with E-state index in [1.165, 1.54) is 0 Å². The van der Waals surface area contributed by atoms with Crippen LogP contribution < -0.4 is 10.6 Å². The molecule has 0 fully saturated rings. The lowest BCUT2D eigenvalue weighted by Gasteiger charge is -2.18. The highest BCUT2D eigenvalue weighted by atomic mass is 19.4. The number of alkyl halides is 3. The second-order valence-electron chi connectivity index (χ2n) is 6.23. The van der Waals surface area contributed by atoms with Crippen LogP contribution in [0, 0.1) is 6.92 Å². The van der Waals surface area contributed by atoms with Crippen molar-refractivity contribution in [3.63, 3.8) is 0 Å². The minimum absolute atomic E-state index is 0.0255. The molecule has 3 N–H and O–H groups in total. The fourth-order valence-corrected chi connectivity index (χ4v) is 2.45. The zero-order valence-corrected chi connectivity index (χ0v) is 15.6. The zero-order valence-electron chi connectivity index (χ0n) is 15.6. The highest BCUT2D eigenvalue weighted by Gasteiger charge is 2.30. The number of halogens is 3. The van der Waals surface area contributed by atoms with Gasteiger partial charge in [-0.05, 0) is 36.8 Å². The number of aliphatic hydroxyl groups is 1. The topological polar surface area (TPSA) is 87.7 Å². The van der Waals surface area contributed by atoms with Gasteiger partial charge in [0.25, 0.3) is 0 Å². The monoisotopic (exact) mass is 410 g/mol. The van der Waals surface area contributed by atoms with E-state index >= 15 is 0 Å². The van der Waals surface area contributed by atoms with Crippen molar-refractivity contribution in [2.45, 2.75) is 19.2 Å². The minimum Gasteiger partial charge on any atom is -0.394 e. The number of hydrogen-bond donors (Lipinski definition) is 3. The highest BCUT2D eigenvalue weighted by molar-refractivity contribution is 6.39. The second-order valence-corrected chi connectivity index (χ2v) is 6.23. The molecule has 2 rings (SSSR count). The molecule has 1 unspecified atom stereocenters.